The van der Waals surface area contributed by atoms with E-state index in [1.165, 1.54) is 0 Å². The van der Waals surface area contributed by atoms with Gasteiger partial charge in [-0.25, -0.2) is 4.98 Å². The lowest BCUT2D eigenvalue weighted by molar-refractivity contribution is 0.426. The quantitative estimate of drug-likeness (QED) is 0.726. The van der Waals surface area contributed by atoms with Gasteiger partial charge in [-0.2, -0.15) is 0 Å². The van der Waals surface area contributed by atoms with Crippen LogP contribution in [0.3, 0.4) is 0 Å². The van der Waals surface area contributed by atoms with E-state index in [1.807, 2.05) is 16.7 Å². The van der Waals surface area contributed by atoms with Crippen molar-refractivity contribution in [3.63, 3.8) is 0 Å². The van der Waals surface area contributed by atoms with Gasteiger partial charge in [-0.1, -0.05) is 47.5 Å². The zero-order valence-corrected chi connectivity index (χ0v) is 12.4. The molecule has 0 atom stereocenters. The Balaban J connectivity index is 1.95. The van der Waals surface area contributed by atoms with Crippen LogP contribution in [0, 0.1) is 0 Å². The van der Waals surface area contributed by atoms with E-state index in [0.29, 0.717) is 22.1 Å². The maximum atomic E-state index is 9.09. The van der Waals surface area contributed by atoms with Crippen LogP contribution in [-0.2, 0) is 6.54 Å². The molecule has 0 amide bonds. The predicted octanol–water partition coefficient (Wildman–Crippen LogP) is 2.07. The highest BCUT2D eigenvalue weighted by atomic mass is 35.5. The molecule has 7 heteroatoms. The van der Waals surface area contributed by atoms with Crippen LogP contribution in [0.15, 0.2) is 42.7 Å². The topological polar surface area (TPSA) is 58.3 Å². The Hall–Kier alpha value is -1.53. The van der Waals surface area contributed by atoms with Crippen molar-refractivity contribution >= 4 is 46.8 Å². The summed E-state index contributed by atoms with van der Waals surface area (Å²) in [6.07, 6.45) is 1.71. The van der Waals surface area contributed by atoms with Crippen molar-refractivity contribution < 1.29 is 10.0 Å². The number of hydrogen-bond acceptors (Lipinski definition) is 3. The molecule has 2 N–H and O–H groups in total. The third-order valence-corrected chi connectivity index (χ3v) is 3.77. The van der Waals surface area contributed by atoms with Crippen LogP contribution in [-0.4, -0.2) is 26.7 Å². The van der Waals surface area contributed by atoms with E-state index in [2.05, 4.69) is 4.98 Å². The fraction of sp³-hybridized carbons (Fsp3) is 0.0714. The molecule has 0 bridgehead atoms. The molecule has 0 saturated carbocycles. The molecular weight excluding hydrogens is 310 g/mol. The van der Waals surface area contributed by atoms with Crippen LogP contribution in [0.1, 0.15) is 5.56 Å². The first-order chi connectivity index (χ1) is 10.0. The molecule has 3 rings (SSSR count). The Bertz CT molecular complexity index is 788. The van der Waals surface area contributed by atoms with E-state index in [1.54, 1.807) is 30.6 Å². The third kappa shape index (κ3) is 2.92. The molecule has 21 heavy (non-hydrogen) atoms. The summed E-state index contributed by atoms with van der Waals surface area (Å²) < 4.78 is 1.93. The van der Waals surface area contributed by atoms with E-state index in [0.717, 1.165) is 16.6 Å². The molecule has 0 aliphatic heterocycles. The third-order valence-electron chi connectivity index (χ3n) is 3.26. The normalized spacial score (nSPS) is 11.0. The minimum atomic E-state index is -1.45. The second-order valence-corrected chi connectivity index (χ2v) is 5.59. The van der Waals surface area contributed by atoms with Gasteiger partial charge in [0.25, 0.3) is 0 Å². The molecule has 3 aromatic rings. The number of halogens is 2. The van der Waals surface area contributed by atoms with Gasteiger partial charge in [0, 0.05) is 11.6 Å². The molecule has 0 radical (unpaired) electrons. The molecule has 0 aliphatic rings. The van der Waals surface area contributed by atoms with Gasteiger partial charge in [0.15, 0.2) is 0 Å². The largest absolute Gasteiger partial charge is 0.488 e. The number of imidazole rings is 1. The van der Waals surface area contributed by atoms with Gasteiger partial charge >= 0.3 is 7.12 Å². The Morgan fingerprint density at radius 3 is 2.48 bits per heavy atom. The van der Waals surface area contributed by atoms with Crippen molar-refractivity contribution in [2.45, 2.75) is 6.54 Å². The van der Waals surface area contributed by atoms with Crippen LogP contribution in [0.2, 0.25) is 10.0 Å². The highest BCUT2D eigenvalue weighted by Gasteiger charge is 2.11. The standard InChI is InChI=1S/C14H11BCl2N2O2/c16-11-5-12(17)14-13(6-11)18-8-19(14)7-9-1-3-10(4-2-9)15(20)21/h1-6,8,20-21H,7H2. The van der Waals surface area contributed by atoms with E-state index in [-0.39, 0.29) is 0 Å². The molecule has 4 nitrogen and oxygen atoms in total. The van der Waals surface area contributed by atoms with Crippen molar-refractivity contribution in [1.29, 1.82) is 0 Å². The molecule has 2 aromatic carbocycles. The second kappa shape index (κ2) is 5.69. The van der Waals surface area contributed by atoms with E-state index in [9.17, 15) is 0 Å². The summed E-state index contributed by atoms with van der Waals surface area (Å²) in [6.45, 7) is 0.583. The number of fused-ring (bicyclic) bond motifs is 1. The van der Waals surface area contributed by atoms with Crippen molar-refractivity contribution in [1.82, 2.24) is 9.55 Å². The summed E-state index contributed by atoms with van der Waals surface area (Å²) in [6, 6.07) is 10.5. The molecule has 0 fully saturated rings. The van der Waals surface area contributed by atoms with Gasteiger partial charge < -0.3 is 14.6 Å². The summed E-state index contributed by atoms with van der Waals surface area (Å²) in [5.74, 6) is 0. The summed E-state index contributed by atoms with van der Waals surface area (Å²) in [5, 5.41) is 19.3. The van der Waals surface area contributed by atoms with Crippen LogP contribution >= 0.6 is 23.2 Å². The number of rotatable bonds is 3. The highest BCUT2D eigenvalue weighted by molar-refractivity contribution is 6.58. The zero-order chi connectivity index (χ0) is 15.0. The second-order valence-electron chi connectivity index (χ2n) is 4.74. The number of aromatic nitrogens is 2. The van der Waals surface area contributed by atoms with Crippen molar-refractivity contribution in [3.8, 4) is 0 Å². The lowest BCUT2D eigenvalue weighted by Gasteiger charge is -2.07. The summed E-state index contributed by atoms with van der Waals surface area (Å²) >= 11 is 12.2. The van der Waals surface area contributed by atoms with Gasteiger partial charge in [-0.3, -0.25) is 0 Å². The molecule has 0 unspecified atom stereocenters. The number of benzene rings is 2. The van der Waals surface area contributed by atoms with Crippen LogP contribution in [0.25, 0.3) is 11.0 Å². The summed E-state index contributed by atoms with van der Waals surface area (Å²) in [7, 11) is -1.45. The molecule has 0 aliphatic carbocycles. The monoisotopic (exact) mass is 320 g/mol. The van der Waals surface area contributed by atoms with Crippen molar-refractivity contribution in [3.05, 3.63) is 58.3 Å². The SMILES string of the molecule is OB(O)c1ccc(Cn2cnc3cc(Cl)cc(Cl)c32)cc1. The first-order valence-electron chi connectivity index (χ1n) is 6.29. The predicted molar refractivity (Wildman–Crippen MR) is 85.1 cm³/mol. The fourth-order valence-electron chi connectivity index (χ4n) is 2.24. The first kappa shape index (κ1) is 14.4. The Kier molecular flexibility index (Phi) is 3.91. The number of hydrogen-bond donors (Lipinski definition) is 2. The van der Waals surface area contributed by atoms with E-state index >= 15 is 0 Å². The van der Waals surface area contributed by atoms with Crippen LogP contribution in [0.5, 0.6) is 0 Å². The van der Waals surface area contributed by atoms with Gasteiger partial charge in [0.2, 0.25) is 0 Å². The highest BCUT2D eigenvalue weighted by Crippen LogP contribution is 2.27. The van der Waals surface area contributed by atoms with Crippen molar-refractivity contribution in [2.75, 3.05) is 0 Å². The smallest absolute Gasteiger partial charge is 0.423 e. The van der Waals surface area contributed by atoms with Crippen molar-refractivity contribution in [2.24, 2.45) is 0 Å². The summed E-state index contributed by atoms with van der Waals surface area (Å²) in [4.78, 5) is 4.30. The molecule has 106 valence electrons. The van der Waals surface area contributed by atoms with E-state index in [4.69, 9.17) is 33.2 Å². The maximum Gasteiger partial charge on any atom is 0.488 e. The van der Waals surface area contributed by atoms with Gasteiger partial charge in [-0.05, 0) is 23.2 Å². The molecule has 1 heterocycles. The maximum absolute atomic E-state index is 9.09. The minimum Gasteiger partial charge on any atom is -0.423 e. The van der Waals surface area contributed by atoms with E-state index < -0.39 is 7.12 Å². The minimum absolute atomic E-state index is 0.457. The first-order valence-corrected chi connectivity index (χ1v) is 7.05. The van der Waals surface area contributed by atoms with Gasteiger partial charge in [-0.15, -0.1) is 0 Å². The number of nitrogens with zero attached hydrogens (tertiary/aromatic N) is 2. The van der Waals surface area contributed by atoms with Crippen LogP contribution < -0.4 is 5.46 Å². The summed E-state index contributed by atoms with van der Waals surface area (Å²) in [5.41, 5.74) is 3.03. The lowest BCUT2D eigenvalue weighted by Crippen LogP contribution is -2.29. The lowest BCUT2D eigenvalue weighted by atomic mass is 9.80. The molecular formula is C14H11BCl2N2O2. The Morgan fingerprint density at radius 2 is 1.81 bits per heavy atom. The van der Waals surface area contributed by atoms with Crippen LogP contribution in [0.4, 0.5) is 0 Å². The Labute approximate surface area is 131 Å². The molecule has 1 aromatic heterocycles. The molecule has 0 saturated heterocycles. The fourth-order valence-corrected chi connectivity index (χ4v) is 2.83. The van der Waals surface area contributed by atoms with Gasteiger partial charge in [0.05, 0.1) is 22.4 Å². The average Bonchev–Trinajstić information content (AvgIpc) is 2.82. The Morgan fingerprint density at radius 1 is 1.10 bits per heavy atom. The van der Waals surface area contributed by atoms with Gasteiger partial charge in [0.1, 0.15) is 0 Å². The molecule has 0 spiro atoms. The zero-order valence-electron chi connectivity index (χ0n) is 10.9. The average molecular weight is 321 g/mol.